The number of amides is 3. The number of carbonyl (C=O) groups excluding carboxylic acids is 3. The topological polar surface area (TPSA) is 172 Å². The Bertz CT molecular complexity index is 1470. The molecular formula is C27H31N5O8. The summed E-state index contributed by atoms with van der Waals surface area (Å²) in [6.45, 7) is -0.749. The molecule has 4 N–H and O–H groups in total. The Hall–Kier alpha value is -4.91. The number of anilines is 1. The average molecular weight is 554 g/mol. The zero-order valence-electron chi connectivity index (χ0n) is 22.1. The van der Waals surface area contributed by atoms with Gasteiger partial charge in [-0.1, -0.05) is 24.3 Å². The molecule has 13 nitrogen and oxygen atoms in total. The van der Waals surface area contributed by atoms with E-state index in [4.69, 9.17) is 9.84 Å². The fourth-order valence-electron chi connectivity index (χ4n) is 3.89. The fraction of sp³-hybridized carbons (Fsp3) is 0.296. The van der Waals surface area contributed by atoms with E-state index < -0.39 is 36.3 Å². The van der Waals surface area contributed by atoms with Gasteiger partial charge in [-0.05, 0) is 43.2 Å². The minimum absolute atomic E-state index is 0.0800. The molecule has 0 bridgehead atoms. The first-order valence-electron chi connectivity index (χ1n) is 12.4. The van der Waals surface area contributed by atoms with E-state index in [-0.39, 0.29) is 37.6 Å². The van der Waals surface area contributed by atoms with E-state index in [1.807, 2.05) is 0 Å². The molecule has 0 radical (unpaired) electrons. The highest BCUT2D eigenvalue weighted by molar-refractivity contribution is 5.96. The second-order valence-electron chi connectivity index (χ2n) is 8.93. The van der Waals surface area contributed by atoms with Crippen LogP contribution in [0.4, 0.5) is 15.3 Å². The summed E-state index contributed by atoms with van der Waals surface area (Å²) < 4.78 is 7.15. The van der Waals surface area contributed by atoms with Crippen molar-refractivity contribution >= 4 is 40.6 Å². The van der Waals surface area contributed by atoms with Crippen LogP contribution in [-0.4, -0.2) is 81.6 Å². The number of aromatic nitrogens is 2. The van der Waals surface area contributed by atoms with Crippen LogP contribution in [0.1, 0.15) is 18.5 Å². The largest absolute Gasteiger partial charge is 0.464 e. The number of nitrogens with one attached hydrogen (secondary N) is 2. The van der Waals surface area contributed by atoms with Gasteiger partial charge >= 0.3 is 12.2 Å². The molecule has 3 rings (SSSR count). The van der Waals surface area contributed by atoms with Crippen LogP contribution < -0.4 is 16.2 Å². The molecule has 0 saturated carbocycles. The van der Waals surface area contributed by atoms with E-state index in [2.05, 4.69) is 10.6 Å². The number of carboxylic acid groups (broad SMARTS) is 1. The van der Waals surface area contributed by atoms with E-state index >= 15 is 0 Å². The Morgan fingerprint density at radius 3 is 2.58 bits per heavy atom. The highest BCUT2D eigenvalue weighted by Crippen LogP contribution is 2.20. The summed E-state index contributed by atoms with van der Waals surface area (Å²) >= 11 is 0. The molecule has 2 aromatic heterocycles. The molecule has 212 valence electrons. The van der Waals surface area contributed by atoms with Gasteiger partial charge < -0.3 is 35.1 Å². The standard InChI is InChI=1S/C27H31N5O8/c1-30(2)23(34)12-6-4-9-20(29-26(37)40-15-14-33)24(35)28-21-10-7-13-31(25(21)36)17-19-16-18-8-3-5-11-22(18)32(19)27(38)39/h3,5-8,10-13,16,20,33H,4,9,14-15,17H2,1-2H3,(H,28,35)(H,29,37)(H,38,39)/b12-6+/t20-/m0/s1. The average Bonchev–Trinajstić information content (AvgIpc) is 3.29. The van der Waals surface area contributed by atoms with Gasteiger partial charge in [0.25, 0.3) is 5.56 Å². The van der Waals surface area contributed by atoms with E-state index in [0.29, 0.717) is 16.6 Å². The van der Waals surface area contributed by atoms with Gasteiger partial charge in [-0.15, -0.1) is 0 Å². The molecule has 0 spiro atoms. The van der Waals surface area contributed by atoms with Crippen molar-refractivity contribution in [2.24, 2.45) is 0 Å². The third-order valence-corrected chi connectivity index (χ3v) is 5.84. The number of alkyl carbamates (subject to hydrolysis) is 1. The Kier molecular flexibility index (Phi) is 10.2. The molecule has 1 atom stereocenters. The van der Waals surface area contributed by atoms with Crippen LogP contribution in [0.3, 0.4) is 0 Å². The summed E-state index contributed by atoms with van der Waals surface area (Å²) in [6.07, 6.45) is 2.56. The summed E-state index contributed by atoms with van der Waals surface area (Å²) in [4.78, 5) is 63.4. The predicted octanol–water partition coefficient (Wildman–Crippen LogP) is 1.83. The van der Waals surface area contributed by atoms with Gasteiger partial charge in [-0.2, -0.15) is 0 Å². The second kappa shape index (κ2) is 13.8. The summed E-state index contributed by atoms with van der Waals surface area (Å²) in [5.41, 5.74) is 0.158. The summed E-state index contributed by atoms with van der Waals surface area (Å²) in [5.74, 6) is -0.953. The number of hydrogen-bond acceptors (Lipinski definition) is 7. The number of rotatable bonds is 11. The van der Waals surface area contributed by atoms with Crippen LogP contribution in [-0.2, 0) is 20.9 Å². The van der Waals surface area contributed by atoms with Gasteiger partial charge in [0.15, 0.2) is 0 Å². The van der Waals surface area contributed by atoms with Crippen LogP contribution in [0.2, 0.25) is 0 Å². The lowest BCUT2D eigenvalue weighted by Crippen LogP contribution is -2.45. The van der Waals surface area contributed by atoms with Crippen molar-refractivity contribution in [1.82, 2.24) is 19.4 Å². The Morgan fingerprint density at radius 2 is 1.88 bits per heavy atom. The quantitative estimate of drug-likeness (QED) is 0.260. The normalized spacial score (nSPS) is 11.8. The molecule has 0 saturated heterocycles. The van der Waals surface area contributed by atoms with Crippen molar-refractivity contribution in [3.8, 4) is 0 Å². The lowest BCUT2D eigenvalue weighted by molar-refractivity contribution is -0.123. The van der Waals surface area contributed by atoms with Crippen molar-refractivity contribution in [3.63, 3.8) is 0 Å². The molecule has 0 aliphatic carbocycles. The number of para-hydroxylation sites is 1. The number of likely N-dealkylation sites (N-methyl/N-ethyl adjacent to an activating group) is 1. The summed E-state index contributed by atoms with van der Waals surface area (Å²) in [5, 5.41) is 24.2. The maximum absolute atomic E-state index is 13.2. The molecule has 0 unspecified atom stereocenters. The lowest BCUT2D eigenvalue weighted by Gasteiger charge is -2.18. The van der Waals surface area contributed by atoms with Crippen LogP contribution >= 0.6 is 0 Å². The molecule has 0 fully saturated rings. The Balaban J connectivity index is 1.80. The molecular weight excluding hydrogens is 522 g/mol. The SMILES string of the molecule is CN(C)C(=O)/C=C/CC[C@H](NC(=O)OCCO)C(=O)Nc1cccn(Cc2cc3ccccc3n2C(=O)O)c1=O. The molecule has 13 heteroatoms. The van der Waals surface area contributed by atoms with Crippen LogP contribution in [0.5, 0.6) is 0 Å². The highest BCUT2D eigenvalue weighted by Gasteiger charge is 2.22. The number of aliphatic hydroxyl groups excluding tert-OH is 1. The maximum Gasteiger partial charge on any atom is 0.416 e. The summed E-state index contributed by atoms with van der Waals surface area (Å²) in [7, 11) is 3.19. The number of pyridine rings is 1. The molecule has 3 aromatic rings. The van der Waals surface area contributed by atoms with Gasteiger partial charge in [-0.3, -0.25) is 14.4 Å². The first kappa shape index (κ1) is 29.6. The number of nitrogens with zero attached hydrogens (tertiary/aromatic N) is 3. The van der Waals surface area contributed by atoms with Crippen LogP contribution in [0.15, 0.2) is 65.6 Å². The number of benzene rings is 1. The first-order valence-corrected chi connectivity index (χ1v) is 12.4. The number of fused-ring (bicyclic) bond motifs is 1. The van der Waals surface area contributed by atoms with E-state index in [1.54, 1.807) is 50.5 Å². The van der Waals surface area contributed by atoms with E-state index in [0.717, 1.165) is 4.57 Å². The first-order chi connectivity index (χ1) is 19.1. The Morgan fingerprint density at radius 1 is 1.12 bits per heavy atom. The smallest absolute Gasteiger partial charge is 0.416 e. The highest BCUT2D eigenvalue weighted by atomic mass is 16.6. The summed E-state index contributed by atoms with van der Waals surface area (Å²) in [6, 6.07) is 10.4. The molecule has 3 amide bonds. The maximum atomic E-state index is 13.2. The van der Waals surface area contributed by atoms with Crippen LogP contribution in [0, 0.1) is 0 Å². The molecule has 1 aromatic carbocycles. The minimum Gasteiger partial charge on any atom is -0.464 e. The third-order valence-electron chi connectivity index (χ3n) is 5.84. The number of ether oxygens (including phenoxy) is 1. The zero-order chi connectivity index (χ0) is 29.2. The predicted molar refractivity (Wildman–Crippen MR) is 146 cm³/mol. The third kappa shape index (κ3) is 7.57. The second-order valence-corrected chi connectivity index (χ2v) is 8.93. The molecule has 0 aliphatic heterocycles. The van der Waals surface area contributed by atoms with Crippen molar-refractivity contribution < 1.29 is 34.1 Å². The fourth-order valence-corrected chi connectivity index (χ4v) is 3.89. The number of carbonyl (C=O) groups is 4. The monoisotopic (exact) mass is 553 g/mol. The van der Waals surface area contributed by atoms with Crippen LogP contribution in [0.25, 0.3) is 10.9 Å². The number of hydrogen-bond donors (Lipinski definition) is 4. The lowest BCUT2D eigenvalue weighted by atomic mass is 10.1. The Labute approximate surface area is 229 Å². The zero-order valence-corrected chi connectivity index (χ0v) is 22.1. The van der Waals surface area contributed by atoms with E-state index in [9.17, 15) is 29.1 Å². The van der Waals surface area contributed by atoms with Crippen molar-refractivity contribution in [2.45, 2.75) is 25.4 Å². The number of aliphatic hydroxyl groups is 1. The molecule has 0 aliphatic rings. The minimum atomic E-state index is -1.20. The number of allylic oxidation sites excluding steroid dienone is 1. The van der Waals surface area contributed by atoms with Crippen molar-refractivity contribution in [2.75, 3.05) is 32.6 Å². The molecule has 40 heavy (non-hydrogen) atoms. The van der Waals surface area contributed by atoms with Gasteiger partial charge in [0, 0.05) is 31.4 Å². The van der Waals surface area contributed by atoms with E-state index in [1.165, 1.54) is 33.9 Å². The van der Waals surface area contributed by atoms with Gasteiger partial charge in [0.1, 0.15) is 18.3 Å². The van der Waals surface area contributed by atoms with Gasteiger partial charge in [-0.25, -0.2) is 14.2 Å². The van der Waals surface area contributed by atoms with Gasteiger partial charge in [0.05, 0.1) is 18.7 Å². The van der Waals surface area contributed by atoms with Crippen molar-refractivity contribution in [1.29, 1.82) is 0 Å². The van der Waals surface area contributed by atoms with Crippen molar-refractivity contribution in [3.05, 3.63) is 76.9 Å². The van der Waals surface area contributed by atoms with Gasteiger partial charge in [0.2, 0.25) is 11.8 Å². The molecule has 2 heterocycles.